The van der Waals surface area contributed by atoms with Crippen molar-refractivity contribution < 1.29 is 9.90 Å². The molecule has 2 unspecified atom stereocenters. The van der Waals surface area contributed by atoms with Crippen LogP contribution in [0.25, 0.3) is 0 Å². The van der Waals surface area contributed by atoms with Crippen LogP contribution in [-0.4, -0.2) is 23.7 Å². The van der Waals surface area contributed by atoms with E-state index in [1.54, 1.807) is 12.1 Å². The number of nitrogens with one attached hydrogen (secondary N) is 3. The smallest absolute Gasteiger partial charge is 0.228 e. The highest BCUT2D eigenvalue weighted by atomic mass is 16.3. The molecule has 2 aliphatic rings. The second-order valence-corrected chi connectivity index (χ2v) is 6.66. The molecule has 2 atom stereocenters. The number of carbonyl (C=O) groups excluding carboxylic acids is 1. The zero-order valence-corrected chi connectivity index (χ0v) is 14.1. The minimum absolute atomic E-state index is 0.102. The van der Waals surface area contributed by atoms with E-state index in [9.17, 15) is 9.90 Å². The highest BCUT2D eigenvalue weighted by Gasteiger charge is 2.27. The van der Waals surface area contributed by atoms with Crippen molar-refractivity contribution >= 4 is 17.3 Å². The Morgan fingerprint density at radius 1 is 1.16 bits per heavy atom. The predicted octanol–water partition coefficient (Wildman–Crippen LogP) is 2.41. The van der Waals surface area contributed by atoms with Crippen LogP contribution < -0.4 is 21.1 Å². The van der Waals surface area contributed by atoms with Gasteiger partial charge >= 0.3 is 0 Å². The number of aryl methyl sites for hydroxylation is 1. The average Bonchev–Trinajstić information content (AvgIpc) is 3.05. The van der Waals surface area contributed by atoms with Gasteiger partial charge in [-0.2, -0.15) is 0 Å². The van der Waals surface area contributed by atoms with Gasteiger partial charge in [-0.3, -0.25) is 4.79 Å². The highest BCUT2D eigenvalue weighted by Crippen LogP contribution is 2.28. The van der Waals surface area contributed by atoms with Gasteiger partial charge in [0.15, 0.2) is 0 Å². The van der Waals surface area contributed by atoms with Gasteiger partial charge < -0.3 is 15.3 Å². The Kier molecular flexibility index (Phi) is 4.07. The molecule has 2 aromatic rings. The second-order valence-electron chi connectivity index (χ2n) is 6.66. The Morgan fingerprint density at radius 2 is 1.96 bits per heavy atom. The number of hydrogen-bond acceptors (Lipinski definition) is 5. The number of hydrazine groups is 1. The summed E-state index contributed by atoms with van der Waals surface area (Å²) in [6.45, 7) is 2.79. The number of benzene rings is 2. The first-order valence-electron chi connectivity index (χ1n) is 8.58. The number of nitrogens with zero attached hydrogens (tertiary/aromatic N) is 1. The molecule has 0 radical (unpaired) electrons. The molecule has 2 aromatic carbocycles. The summed E-state index contributed by atoms with van der Waals surface area (Å²) in [7, 11) is 0. The number of rotatable bonds is 4. The Bertz CT molecular complexity index is 791. The molecule has 0 bridgehead atoms. The van der Waals surface area contributed by atoms with Crippen molar-refractivity contribution in [2.75, 3.05) is 16.8 Å². The first-order chi connectivity index (χ1) is 12.1. The fourth-order valence-electron chi connectivity index (χ4n) is 3.34. The Hall–Kier alpha value is -2.57. The molecule has 0 aliphatic carbocycles. The third kappa shape index (κ3) is 3.18. The highest BCUT2D eigenvalue weighted by molar-refractivity contribution is 5.99. The van der Waals surface area contributed by atoms with E-state index in [0.29, 0.717) is 6.42 Å². The summed E-state index contributed by atoms with van der Waals surface area (Å²) in [5.41, 5.74) is 10.8. The third-order valence-electron chi connectivity index (χ3n) is 4.90. The molecule has 0 spiro atoms. The maximum absolute atomic E-state index is 11.5. The number of aromatic hydroxyl groups is 1. The third-order valence-corrected chi connectivity index (χ3v) is 4.90. The van der Waals surface area contributed by atoms with Gasteiger partial charge in [-0.25, -0.2) is 10.9 Å². The zero-order valence-electron chi connectivity index (χ0n) is 14.1. The van der Waals surface area contributed by atoms with Crippen LogP contribution in [0.2, 0.25) is 0 Å². The van der Waals surface area contributed by atoms with Gasteiger partial charge in [0.1, 0.15) is 5.75 Å². The van der Waals surface area contributed by atoms with E-state index in [1.807, 2.05) is 30.0 Å². The van der Waals surface area contributed by atoms with Crippen LogP contribution in [0.15, 0.2) is 42.5 Å². The lowest BCUT2D eigenvalue weighted by Crippen LogP contribution is -2.43. The van der Waals surface area contributed by atoms with Gasteiger partial charge in [0.2, 0.25) is 5.91 Å². The Morgan fingerprint density at radius 3 is 2.60 bits per heavy atom. The number of β-lactam (4-membered cyclic amide) rings is 1. The van der Waals surface area contributed by atoms with Crippen LogP contribution in [0, 0.1) is 6.92 Å². The van der Waals surface area contributed by atoms with Crippen LogP contribution in [-0.2, 0) is 4.79 Å². The van der Waals surface area contributed by atoms with Crippen molar-refractivity contribution in [3.8, 4) is 5.75 Å². The molecular formula is C19H22N4O2. The predicted molar refractivity (Wildman–Crippen MR) is 97.3 cm³/mol. The lowest BCUT2D eigenvalue weighted by Gasteiger charge is -2.30. The molecular weight excluding hydrogens is 316 g/mol. The van der Waals surface area contributed by atoms with Crippen LogP contribution in [0.3, 0.4) is 0 Å². The molecule has 2 saturated heterocycles. The summed E-state index contributed by atoms with van der Waals surface area (Å²) in [5.74, 6) is 0.473. The van der Waals surface area contributed by atoms with E-state index < -0.39 is 0 Å². The topological polar surface area (TPSA) is 76.6 Å². The SMILES string of the molecule is Cc1cc(O)ccc1NC1CC(c2ccc(N3CCC3=O)cc2)NN1. The quantitative estimate of drug-likeness (QED) is 0.509. The lowest BCUT2D eigenvalue weighted by molar-refractivity contribution is -0.122. The number of amides is 1. The van der Waals surface area contributed by atoms with Gasteiger partial charge in [0, 0.05) is 36.8 Å². The summed E-state index contributed by atoms with van der Waals surface area (Å²) < 4.78 is 0. The number of carbonyl (C=O) groups is 1. The van der Waals surface area contributed by atoms with Crippen LogP contribution in [0.5, 0.6) is 5.75 Å². The van der Waals surface area contributed by atoms with Gasteiger partial charge in [-0.05, 0) is 48.4 Å². The van der Waals surface area contributed by atoms with Gasteiger partial charge in [-0.1, -0.05) is 12.1 Å². The minimum Gasteiger partial charge on any atom is -0.508 e. The maximum atomic E-state index is 11.5. The molecule has 1 amide bonds. The summed E-state index contributed by atoms with van der Waals surface area (Å²) >= 11 is 0. The molecule has 4 rings (SSSR count). The molecule has 0 saturated carbocycles. The van der Waals surface area contributed by atoms with E-state index in [1.165, 1.54) is 5.56 Å². The molecule has 6 nitrogen and oxygen atoms in total. The Labute approximate surface area is 146 Å². The number of phenolic OH excluding ortho intramolecular Hbond substituents is 1. The maximum Gasteiger partial charge on any atom is 0.228 e. The molecule has 2 aliphatic heterocycles. The first-order valence-corrected chi connectivity index (χ1v) is 8.58. The second kappa shape index (κ2) is 6.38. The summed E-state index contributed by atoms with van der Waals surface area (Å²) in [6.07, 6.45) is 1.65. The van der Waals surface area contributed by atoms with E-state index in [4.69, 9.17) is 0 Å². The van der Waals surface area contributed by atoms with Crippen molar-refractivity contribution in [2.24, 2.45) is 0 Å². The number of anilines is 2. The van der Waals surface area contributed by atoms with Crippen LogP contribution >= 0.6 is 0 Å². The number of phenols is 1. The monoisotopic (exact) mass is 338 g/mol. The summed E-state index contributed by atoms with van der Waals surface area (Å²) in [5, 5.41) is 13.0. The van der Waals surface area contributed by atoms with Crippen molar-refractivity contribution in [3.05, 3.63) is 53.6 Å². The van der Waals surface area contributed by atoms with Gasteiger partial charge in [0.25, 0.3) is 0 Å². The van der Waals surface area contributed by atoms with Crippen molar-refractivity contribution in [1.29, 1.82) is 0 Å². The standard InChI is InChI=1S/C19H22N4O2/c1-12-10-15(24)6-7-16(12)20-18-11-17(21-22-18)13-2-4-14(5-3-13)23-9-8-19(23)25/h2-7,10,17-18,20-22,24H,8-9,11H2,1H3. The van der Waals surface area contributed by atoms with E-state index in [2.05, 4.69) is 28.3 Å². The normalized spacial score (nSPS) is 22.8. The molecule has 2 heterocycles. The van der Waals surface area contributed by atoms with E-state index in [0.717, 1.165) is 29.9 Å². The van der Waals surface area contributed by atoms with E-state index >= 15 is 0 Å². The average molecular weight is 338 g/mol. The van der Waals surface area contributed by atoms with Crippen molar-refractivity contribution in [2.45, 2.75) is 32.0 Å². The van der Waals surface area contributed by atoms with Gasteiger partial charge in [-0.15, -0.1) is 0 Å². The fourth-order valence-corrected chi connectivity index (χ4v) is 3.34. The van der Waals surface area contributed by atoms with E-state index in [-0.39, 0.29) is 23.9 Å². The fraction of sp³-hybridized carbons (Fsp3) is 0.316. The molecule has 25 heavy (non-hydrogen) atoms. The first kappa shape index (κ1) is 15.9. The molecule has 0 aromatic heterocycles. The lowest BCUT2D eigenvalue weighted by atomic mass is 10.0. The molecule has 130 valence electrons. The van der Waals surface area contributed by atoms with Crippen molar-refractivity contribution in [1.82, 2.24) is 10.9 Å². The largest absolute Gasteiger partial charge is 0.508 e. The van der Waals surface area contributed by atoms with Gasteiger partial charge in [0.05, 0.1) is 6.17 Å². The molecule has 2 fully saturated rings. The summed E-state index contributed by atoms with van der Waals surface area (Å²) in [4.78, 5) is 13.3. The zero-order chi connectivity index (χ0) is 17.4. The van der Waals surface area contributed by atoms with Crippen LogP contribution in [0.4, 0.5) is 11.4 Å². The number of hydrogen-bond donors (Lipinski definition) is 4. The van der Waals surface area contributed by atoms with Crippen LogP contribution in [0.1, 0.15) is 30.0 Å². The van der Waals surface area contributed by atoms with Crippen molar-refractivity contribution in [3.63, 3.8) is 0 Å². The Balaban J connectivity index is 1.39. The summed E-state index contributed by atoms with van der Waals surface area (Å²) in [6, 6.07) is 13.7. The minimum atomic E-state index is 0.102. The molecule has 4 N–H and O–H groups in total. The molecule has 6 heteroatoms.